The maximum atomic E-state index is 12.4. The summed E-state index contributed by atoms with van der Waals surface area (Å²) in [6, 6.07) is 19.3. The molecule has 0 saturated carbocycles. The molecule has 134 valence electrons. The van der Waals surface area contributed by atoms with Gasteiger partial charge in [0.25, 0.3) is 0 Å². The Labute approximate surface area is 157 Å². The van der Waals surface area contributed by atoms with Crippen molar-refractivity contribution in [2.24, 2.45) is 0 Å². The number of anilines is 1. The predicted octanol–water partition coefficient (Wildman–Crippen LogP) is 3.80. The zero-order valence-corrected chi connectivity index (χ0v) is 15.3. The number of hydrogen-bond donors (Lipinski definition) is 2. The van der Waals surface area contributed by atoms with Gasteiger partial charge < -0.3 is 5.32 Å². The predicted molar refractivity (Wildman–Crippen MR) is 104 cm³/mol. The molecule has 0 heterocycles. The first kappa shape index (κ1) is 18.4. The first-order chi connectivity index (χ1) is 12.5. The van der Waals surface area contributed by atoms with Crippen molar-refractivity contribution in [3.05, 3.63) is 71.8 Å². The molecule has 0 fully saturated rings. The number of amides is 1. The van der Waals surface area contributed by atoms with Crippen molar-refractivity contribution in [2.45, 2.75) is 11.3 Å². The smallest absolute Gasteiger partial charge is 0.240 e. The quantitative estimate of drug-likeness (QED) is 0.674. The fraction of sp³-hybridized carbons (Fsp3) is 0.105. The van der Waals surface area contributed by atoms with Gasteiger partial charge in [0.2, 0.25) is 15.9 Å². The molecular formula is C19H17ClN2O3S. The maximum Gasteiger partial charge on any atom is 0.240 e. The van der Waals surface area contributed by atoms with E-state index in [1.165, 1.54) is 0 Å². The van der Waals surface area contributed by atoms with Gasteiger partial charge in [-0.1, -0.05) is 54.1 Å². The van der Waals surface area contributed by atoms with Crippen LogP contribution in [0.15, 0.2) is 71.6 Å². The van der Waals surface area contributed by atoms with Gasteiger partial charge in [-0.05, 0) is 35.0 Å². The maximum absolute atomic E-state index is 12.4. The number of para-hydroxylation sites is 1. The van der Waals surface area contributed by atoms with Gasteiger partial charge in [0.1, 0.15) is 0 Å². The summed E-state index contributed by atoms with van der Waals surface area (Å²) in [4.78, 5) is 12.1. The third-order valence-electron chi connectivity index (χ3n) is 3.82. The van der Waals surface area contributed by atoms with Crippen molar-refractivity contribution >= 4 is 44.0 Å². The van der Waals surface area contributed by atoms with Crippen LogP contribution in [0.4, 0.5) is 5.69 Å². The number of nitrogens with one attached hydrogen (secondary N) is 2. The summed E-state index contributed by atoms with van der Waals surface area (Å²) in [5.74, 6) is -0.320. The van der Waals surface area contributed by atoms with Gasteiger partial charge in [-0.3, -0.25) is 4.79 Å². The molecule has 3 aromatic rings. The monoisotopic (exact) mass is 388 g/mol. The van der Waals surface area contributed by atoms with E-state index in [9.17, 15) is 13.2 Å². The first-order valence-electron chi connectivity index (χ1n) is 7.98. The van der Waals surface area contributed by atoms with E-state index in [2.05, 4.69) is 10.0 Å². The second kappa shape index (κ2) is 7.86. The molecule has 0 saturated heterocycles. The summed E-state index contributed by atoms with van der Waals surface area (Å²) < 4.78 is 27.3. The molecule has 3 aromatic carbocycles. The lowest BCUT2D eigenvalue weighted by molar-refractivity contribution is -0.116. The Morgan fingerprint density at radius 1 is 0.923 bits per heavy atom. The van der Waals surface area contributed by atoms with Gasteiger partial charge >= 0.3 is 0 Å². The summed E-state index contributed by atoms with van der Waals surface area (Å²) in [5, 5.41) is 4.89. The lowest BCUT2D eigenvalue weighted by Gasteiger charge is -2.09. The Morgan fingerprint density at radius 3 is 2.38 bits per heavy atom. The van der Waals surface area contributed by atoms with Crippen molar-refractivity contribution < 1.29 is 13.2 Å². The van der Waals surface area contributed by atoms with Crippen LogP contribution in [0.1, 0.15) is 6.42 Å². The fourth-order valence-electron chi connectivity index (χ4n) is 2.49. The number of carbonyl (C=O) groups is 1. The van der Waals surface area contributed by atoms with Crippen LogP contribution in [-0.2, 0) is 14.8 Å². The van der Waals surface area contributed by atoms with Crippen molar-refractivity contribution in [2.75, 3.05) is 11.9 Å². The molecule has 0 aromatic heterocycles. The molecule has 0 unspecified atom stereocenters. The molecule has 2 N–H and O–H groups in total. The zero-order valence-electron chi connectivity index (χ0n) is 13.8. The van der Waals surface area contributed by atoms with Crippen LogP contribution in [-0.4, -0.2) is 20.9 Å². The summed E-state index contributed by atoms with van der Waals surface area (Å²) in [7, 11) is -3.68. The molecular weight excluding hydrogens is 372 g/mol. The van der Waals surface area contributed by atoms with Crippen LogP contribution in [0.3, 0.4) is 0 Å². The molecule has 0 aliphatic carbocycles. The van der Waals surface area contributed by atoms with Crippen molar-refractivity contribution in [1.82, 2.24) is 4.72 Å². The summed E-state index contributed by atoms with van der Waals surface area (Å²) in [5.41, 5.74) is 0.497. The molecule has 7 heteroatoms. The number of benzene rings is 3. The van der Waals surface area contributed by atoms with E-state index < -0.39 is 10.0 Å². The Balaban J connectivity index is 1.61. The van der Waals surface area contributed by atoms with Crippen LogP contribution in [0.25, 0.3) is 10.8 Å². The molecule has 26 heavy (non-hydrogen) atoms. The van der Waals surface area contributed by atoms with Crippen LogP contribution in [0.5, 0.6) is 0 Å². The highest BCUT2D eigenvalue weighted by atomic mass is 35.5. The van der Waals surface area contributed by atoms with Crippen LogP contribution < -0.4 is 10.0 Å². The summed E-state index contributed by atoms with van der Waals surface area (Å²) in [6.07, 6.45) is -0.00195. The van der Waals surface area contributed by atoms with E-state index in [0.29, 0.717) is 10.7 Å². The van der Waals surface area contributed by atoms with E-state index >= 15 is 0 Å². The second-order valence-corrected chi connectivity index (χ2v) is 7.86. The van der Waals surface area contributed by atoms with Crippen LogP contribution in [0.2, 0.25) is 5.02 Å². The number of rotatable bonds is 6. The number of hydrogen-bond acceptors (Lipinski definition) is 3. The third-order valence-corrected chi connectivity index (χ3v) is 5.61. The van der Waals surface area contributed by atoms with E-state index in [0.717, 1.165) is 10.8 Å². The molecule has 0 radical (unpaired) electrons. The van der Waals surface area contributed by atoms with E-state index in [1.54, 1.807) is 42.5 Å². The molecule has 5 nitrogen and oxygen atoms in total. The fourth-order valence-corrected chi connectivity index (χ4v) is 3.74. The molecule has 0 aliphatic heterocycles. The van der Waals surface area contributed by atoms with Crippen LogP contribution in [0, 0.1) is 0 Å². The Kier molecular flexibility index (Phi) is 5.56. The standard InChI is InChI=1S/C19H17ClN2O3S/c20-17-7-3-4-8-18(17)22-19(23)11-12-21-26(24,25)16-10-9-14-5-1-2-6-15(14)13-16/h1-10,13,21H,11-12H2,(H,22,23). The van der Waals surface area contributed by atoms with Gasteiger partial charge in [-0.15, -0.1) is 0 Å². The molecule has 0 spiro atoms. The average molecular weight is 389 g/mol. The Morgan fingerprint density at radius 2 is 1.62 bits per heavy atom. The number of fused-ring (bicyclic) bond motifs is 1. The second-order valence-electron chi connectivity index (χ2n) is 5.68. The lowest BCUT2D eigenvalue weighted by atomic mass is 10.1. The molecule has 0 bridgehead atoms. The zero-order chi connectivity index (χ0) is 18.6. The summed E-state index contributed by atoms with van der Waals surface area (Å²) >= 11 is 5.98. The third kappa shape index (κ3) is 4.40. The number of sulfonamides is 1. The van der Waals surface area contributed by atoms with Gasteiger partial charge in [-0.25, -0.2) is 13.1 Å². The normalized spacial score (nSPS) is 11.4. The average Bonchev–Trinajstić information content (AvgIpc) is 2.63. The van der Waals surface area contributed by atoms with E-state index in [1.807, 2.05) is 24.3 Å². The molecule has 0 aliphatic rings. The first-order valence-corrected chi connectivity index (χ1v) is 9.85. The highest BCUT2D eigenvalue weighted by Gasteiger charge is 2.15. The van der Waals surface area contributed by atoms with Gasteiger partial charge in [-0.2, -0.15) is 0 Å². The van der Waals surface area contributed by atoms with Crippen molar-refractivity contribution in [1.29, 1.82) is 0 Å². The van der Waals surface area contributed by atoms with Crippen molar-refractivity contribution in [3.63, 3.8) is 0 Å². The Bertz CT molecular complexity index is 1050. The van der Waals surface area contributed by atoms with Gasteiger partial charge in [0.15, 0.2) is 0 Å². The number of carbonyl (C=O) groups excluding carboxylic acids is 1. The minimum absolute atomic E-state index is 0.00195. The van der Waals surface area contributed by atoms with Crippen LogP contribution >= 0.6 is 11.6 Å². The van der Waals surface area contributed by atoms with Crippen molar-refractivity contribution in [3.8, 4) is 0 Å². The minimum Gasteiger partial charge on any atom is -0.325 e. The van der Waals surface area contributed by atoms with E-state index in [4.69, 9.17) is 11.6 Å². The van der Waals surface area contributed by atoms with Gasteiger partial charge in [0, 0.05) is 13.0 Å². The highest BCUT2D eigenvalue weighted by molar-refractivity contribution is 7.89. The Hall–Kier alpha value is -2.41. The highest BCUT2D eigenvalue weighted by Crippen LogP contribution is 2.21. The van der Waals surface area contributed by atoms with E-state index in [-0.39, 0.29) is 23.8 Å². The lowest BCUT2D eigenvalue weighted by Crippen LogP contribution is -2.27. The minimum atomic E-state index is -3.68. The summed E-state index contributed by atoms with van der Waals surface area (Å²) in [6.45, 7) is -0.00849. The SMILES string of the molecule is O=C(CCNS(=O)(=O)c1ccc2ccccc2c1)Nc1ccccc1Cl. The largest absolute Gasteiger partial charge is 0.325 e. The molecule has 0 atom stereocenters. The topological polar surface area (TPSA) is 75.3 Å². The molecule has 1 amide bonds. The van der Waals surface area contributed by atoms with Gasteiger partial charge in [0.05, 0.1) is 15.6 Å². The number of halogens is 1. The molecule has 3 rings (SSSR count).